The van der Waals surface area contributed by atoms with Crippen LogP contribution in [0.3, 0.4) is 0 Å². The van der Waals surface area contributed by atoms with E-state index >= 15 is 0 Å². The summed E-state index contributed by atoms with van der Waals surface area (Å²) >= 11 is 6.17. The summed E-state index contributed by atoms with van der Waals surface area (Å²) in [6, 6.07) is 20.9. The van der Waals surface area contributed by atoms with Crippen molar-refractivity contribution in [2.75, 3.05) is 25.1 Å². The second kappa shape index (κ2) is 9.94. The Kier molecular flexibility index (Phi) is 6.85. The minimum atomic E-state index is -0.0427. The third-order valence-electron chi connectivity index (χ3n) is 5.66. The van der Waals surface area contributed by atoms with Crippen LogP contribution in [0.2, 0.25) is 5.02 Å². The molecule has 2 aromatic carbocycles. The van der Waals surface area contributed by atoms with E-state index in [1.54, 1.807) is 19.2 Å². The van der Waals surface area contributed by atoms with Crippen LogP contribution < -0.4 is 9.64 Å². The Hall–Kier alpha value is -2.89. The van der Waals surface area contributed by atoms with Crippen LogP contribution in [-0.2, 0) is 6.54 Å². The molecular formula is C25H26ClN3O2. The lowest BCUT2D eigenvalue weighted by Crippen LogP contribution is -2.47. The molecule has 0 N–H and O–H groups in total. The van der Waals surface area contributed by atoms with Gasteiger partial charge in [0.05, 0.1) is 12.8 Å². The second-order valence-corrected chi connectivity index (χ2v) is 8.15. The highest BCUT2D eigenvalue weighted by molar-refractivity contribution is 6.31. The van der Waals surface area contributed by atoms with Gasteiger partial charge in [-0.15, -0.1) is 0 Å². The van der Waals surface area contributed by atoms with Crippen LogP contribution in [0.15, 0.2) is 72.9 Å². The number of aromatic nitrogens is 1. The van der Waals surface area contributed by atoms with E-state index in [0.717, 1.165) is 49.6 Å². The number of methoxy groups -OCH3 is 1. The molecule has 0 aliphatic carbocycles. The summed E-state index contributed by atoms with van der Waals surface area (Å²) in [6.07, 6.45) is 3.60. The first-order valence-corrected chi connectivity index (χ1v) is 10.9. The van der Waals surface area contributed by atoms with Gasteiger partial charge in [0.1, 0.15) is 5.75 Å². The SMILES string of the molecule is COc1cccc(N(C(=O)c2cccc(Cl)c2)C2CCN(Cc3ccccn3)CC2)c1. The Morgan fingerprint density at radius 1 is 1.10 bits per heavy atom. The zero-order chi connectivity index (χ0) is 21.6. The first-order chi connectivity index (χ1) is 15.1. The molecule has 0 spiro atoms. The Labute approximate surface area is 188 Å². The van der Waals surface area contributed by atoms with Crippen LogP contribution in [0.4, 0.5) is 5.69 Å². The highest BCUT2D eigenvalue weighted by Gasteiger charge is 2.30. The number of anilines is 1. The van der Waals surface area contributed by atoms with Gasteiger partial charge < -0.3 is 9.64 Å². The zero-order valence-electron chi connectivity index (χ0n) is 17.6. The normalized spacial score (nSPS) is 14.9. The number of amides is 1. The van der Waals surface area contributed by atoms with Crippen molar-refractivity contribution < 1.29 is 9.53 Å². The van der Waals surface area contributed by atoms with Crippen molar-refractivity contribution in [1.82, 2.24) is 9.88 Å². The molecule has 4 rings (SSSR count). The molecule has 1 aliphatic rings. The molecule has 160 valence electrons. The molecule has 0 radical (unpaired) electrons. The standard InChI is InChI=1S/C25H26ClN3O2/c1-31-24-10-5-9-23(17-24)29(25(30)19-6-4-7-20(26)16-19)22-11-14-28(15-12-22)18-21-8-2-3-13-27-21/h2-10,13,16-17,22H,11-12,14-15,18H2,1H3. The summed E-state index contributed by atoms with van der Waals surface area (Å²) in [6.45, 7) is 2.64. The van der Waals surface area contributed by atoms with Gasteiger partial charge in [0.2, 0.25) is 0 Å². The van der Waals surface area contributed by atoms with Crippen molar-refractivity contribution >= 4 is 23.2 Å². The molecule has 5 nitrogen and oxygen atoms in total. The molecule has 6 heteroatoms. The van der Waals surface area contributed by atoms with Crippen LogP contribution in [0, 0.1) is 0 Å². The molecule has 0 saturated carbocycles. The third-order valence-corrected chi connectivity index (χ3v) is 5.89. The van der Waals surface area contributed by atoms with Gasteiger partial charge in [0.15, 0.2) is 0 Å². The van der Waals surface area contributed by atoms with E-state index in [1.165, 1.54) is 0 Å². The number of hydrogen-bond donors (Lipinski definition) is 0. The zero-order valence-corrected chi connectivity index (χ0v) is 18.3. The summed E-state index contributed by atoms with van der Waals surface area (Å²) in [4.78, 5) is 22.3. The molecule has 3 aromatic rings. The van der Waals surface area contributed by atoms with Gasteiger partial charge in [-0.3, -0.25) is 14.7 Å². The highest BCUT2D eigenvalue weighted by atomic mass is 35.5. The topological polar surface area (TPSA) is 45.7 Å². The molecule has 0 unspecified atom stereocenters. The number of hydrogen-bond acceptors (Lipinski definition) is 4. The summed E-state index contributed by atoms with van der Waals surface area (Å²) in [5.74, 6) is 0.688. The third kappa shape index (κ3) is 5.24. The van der Waals surface area contributed by atoms with Gasteiger partial charge in [0.25, 0.3) is 5.91 Å². The van der Waals surface area contributed by atoms with Crippen molar-refractivity contribution in [2.24, 2.45) is 0 Å². The molecule has 1 aromatic heterocycles. The average Bonchev–Trinajstić information content (AvgIpc) is 2.81. The van der Waals surface area contributed by atoms with Gasteiger partial charge in [-0.25, -0.2) is 0 Å². The van der Waals surface area contributed by atoms with E-state index in [2.05, 4.69) is 16.0 Å². The van der Waals surface area contributed by atoms with Crippen LogP contribution in [-0.4, -0.2) is 42.0 Å². The lowest BCUT2D eigenvalue weighted by molar-refractivity contribution is 0.0958. The lowest BCUT2D eigenvalue weighted by Gasteiger charge is -2.38. The van der Waals surface area contributed by atoms with Crippen molar-refractivity contribution in [3.63, 3.8) is 0 Å². The molecule has 31 heavy (non-hydrogen) atoms. The van der Waals surface area contributed by atoms with Gasteiger partial charge in [-0.1, -0.05) is 29.8 Å². The van der Waals surface area contributed by atoms with Crippen LogP contribution in [0.5, 0.6) is 5.75 Å². The maximum Gasteiger partial charge on any atom is 0.258 e. The monoisotopic (exact) mass is 435 g/mol. The van der Waals surface area contributed by atoms with Crippen LogP contribution in [0.1, 0.15) is 28.9 Å². The summed E-state index contributed by atoms with van der Waals surface area (Å²) < 4.78 is 5.41. The lowest BCUT2D eigenvalue weighted by atomic mass is 10.0. The smallest absolute Gasteiger partial charge is 0.258 e. The number of piperidine rings is 1. The fourth-order valence-corrected chi connectivity index (χ4v) is 4.26. The maximum atomic E-state index is 13.6. The minimum Gasteiger partial charge on any atom is -0.497 e. The molecule has 1 aliphatic heterocycles. The largest absolute Gasteiger partial charge is 0.497 e. The number of pyridine rings is 1. The Morgan fingerprint density at radius 2 is 1.90 bits per heavy atom. The van der Waals surface area contributed by atoms with Gasteiger partial charge in [-0.05, 0) is 55.3 Å². The maximum absolute atomic E-state index is 13.6. The number of nitrogens with zero attached hydrogens (tertiary/aromatic N) is 3. The Morgan fingerprint density at radius 3 is 2.61 bits per heavy atom. The quantitative estimate of drug-likeness (QED) is 0.543. The van der Waals surface area contributed by atoms with E-state index < -0.39 is 0 Å². The number of carbonyl (C=O) groups is 1. The number of likely N-dealkylation sites (tertiary alicyclic amines) is 1. The first kappa shape index (κ1) is 21.3. The van der Waals surface area contributed by atoms with Gasteiger partial charge in [0, 0.05) is 54.2 Å². The molecule has 1 amide bonds. The summed E-state index contributed by atoms with van der Waals surface area (Å²) in [5, 5.41) is 0.557. The number of ether oxygens (including phenoxy) is 1. The Bertz CT molecular complexity index is 1020. The second-order valence-electron chi connectivity index (χ2n) is 7.72. The molecule has 1 fully saturated rings. The van der Waals surface area contributed by atoms with Gasteiger partial charge in [-0.2, -0.15) is 0 Å². The fourth-order valence-electron chi connectivity index (χ4n) is 4.07. The number of benzene rings is 2. The summed E-state index contributed by atoms with van der Waals surface area (Å²) in [7, 11) is 1.64. The molecular weight excluding hydrogens is 410 g/mol. The Balaban J connectivity index is 1.55. The molecule has 1 saturated heterocycles. The van der Waals surface area contributed by atoms with E-state index in [9.17, 15) is 4.79 Å². The van der Waals surface area contributed by atoms with Crippen molar-refractivity contribution in [3.8, 4) is 5.75 Å². The predicted molar refractivity (Wildman–Crippen MR) is 124 cm³/mol. The fraction of sp³-hybridized carbons (Fsp3) is 0.280. The van der Waals surface area contributed by atoms with Crippen LogP contribution in [0.25, 0.3) is 0 Å². The van der Waals surface area contributed by atoms with E-state index in [-0.39, 0.29) is 11.9 Å². The predicted octanol–water partition coefficient (Wildman–Crippen LogP) is 5.06. The van der Waals surface area contributed by atoms with E-state index in [4.69, 9.17) is 16.3 Å². The average molecular weight is 436 g/mol. The van der Waals surface area contributed by atoms with E-state index in [0.29, 0.717) is 10.6 Å². The van der Waals surface area contributed by atoms with Crippen molar-refractivity contribution in [3.05, 3.63) is 89.2 Å². The molecule has 2 heterocycles. The highest BCUT2D eigenvalue weighted by Crippen LogP contribution is 2.29. The number of rotatable bonds is 6. The van der Waals surface area contributed by atoms with E-state index in [1.807, 2.05) is 59.6 Å². The van der Waals surface area contributed by atoms with Gasteiger partial charge >= 0.3 is 0 Å². The molecule has 0 bridgehead atoms. The minimum absolute atomic E-state index is 0.0427. The molecule has 0 atom stereocenters. The van der Waals surface area contributed by atoms with Crippen molar-refractivity contribution in [1.29, 1.82) is 0 Å². The first-order valence-electron chi connectivity index (χ1n) is 10.5. The summed E-state index contributed by atoms with van der Waals surface area (Å²) in [5.41, 5.74) is 2.50. The van der Waals surface area contributed by atoms with Crippen molar-refractivity contribution in [2.45, 2.75) is 25.4 Å². The van der Waals surface area contributed by atoms with Crippen LogP contribution >= 0.6 is 11.6 Å². The number of carbonyl (C=O) groups excluding carboxylic acids is 1. The number of halogens is 1.